The number of piperazine rings is 1. The molecule has 4 rings (SSSR count). The summed E-state index contributed by atoms with van der Waals surface area (Å²) < 4.78 is 39.9. The van der Waals surface area contributed by atoms with Gasteiger partial charge in [-0.3, -0.25) is 9.69 Å². The van der Waals surface area contributed by atoms with Gasteiger partial charge in [-0.2, -0.15) is 13.2 Å². The summed E-state index contributed by atoms with van der Waals surface area (Å²) in [6, 6.07) is 17.0. The van der Waals surface area contributed by atoms with Crippen LogP contribution < -0.4 is 10.2 Å². The van der Waals surface area contributed by atoms with Crippen LogP contribution in [0.1, 0.15) is 15.9 Å². The second-order valence-corrected chi connectivity index (χ2v) is 8.75. The molecule has 0 radical (unpaired) electrons. The molecular weight excluding hydrogens is 483 g/mol. The fourth-order valence-corrected chi connectivity index (χ4v) is 4.27. The summed E-state index contributed by atoms with van der Waals surface area (Å²) in [4.78, 5) is 16.7. The zero-order chi connectivity index (χ0) is 22.7. The SMILES string of the molecule is O=C(NCCN1CCN(c2cccc(C(F)(F)F)c2)CC1)c1ccc2cc(Br)ccc2c1. The molecule has 32 heavy (non-hydrogen) atoms. The van der Waals surface area contributed by atoms with E-state index in [4.69, 9.17) is 0 Å². The molecule has 8 heteroatoms. The van der Waals surface area contributed by atoms with Gasteiger partial charge < -0.3 is 10.2 Å². The molecule has 1 N–H and O–H groups in total. The quantitative estimate of drug-likeness (QED) is 0.519. The Kier molecular flexibility index (Phi) is 6.71. The van der Waals surface area contributed by atoms with Crippen LogP contribution in [-0.2, 0) is 6.18 Å². The molecule has 3 aromatic rings. The fraction of sp³-hybridized carbons (Fsp3) is 0.292. The van der Waals surface area contributed by atoms with E-state index in [1.807, 2.05) is 41.3 Å². The van der Waals surface area contributed by atoms with Gasteiger partial charge in [0.05, 0.1) is 5.56 Å². The van der Waals surface area contributed by atoms with E-state index in [2.05, 4.69) is 26.1 Å². The van der Waals surface area contributed by atoms with E-state index in [0.29, 0.717) is 37.4 Å². The zero-order valence-corrected chi connectivity index (χ0v) is 18.9. The molecule has 168 valence electrons. The van der Waals surface area contributed by atoms with Crippen LogP contribution in [0.2, 0.25) is 0 Å². The number of nitrogens with zero attached hydrogens (tertiary/aromatic N) is 2. The predicted molar refractivity (Wildman–Crippen MR) is 124 cm³/mol. The van der Waals surface area contributed by atoms with Gasteiger partial charge in [0.25, 0.3) is 5.91 Å². The number of alkyl halides is 3. The normalized spacial score (nSPS) is 15.2. The molecule has 3 aromatic carbocycles. The van der Waals surface area contributed by atoms with Crippen molar-refractivity contribution in [1.82, 2.24) is 10.2 Å². The molecule has 0 unspecified atom stereocenters. The van der Waals surface area contributed by atoms with Gasteiger partial charge in [-0.1, -0.05) is 34.1 Å². The van der Waals surface area contributed by atoms with E-state index in [0.717, 1.165) is 34.4 Å². The molecule has 1 aliphatic heterocycles. The number of hydrogen-bond donors (Lipinski definition) is 1. The zero-order valence-electron chi connectivity index (χ0n) is 17.3. The highest BCUT2D eigenvalue weighted by molar-refractivity contribution is 9.10. The number of anilines is 1. The number of benzene rings is 3. The van der Waals surface area contributed by atoms with Gasteiger partial charge in [0.2, 0.25) is 0 Å². The Morgan fingerprint density at radius 3 is 2.41 bits per heavy atom. The molecule has 0 atom stereocenters. The number of fused-ring (bicyclic) bond motifs is 1. The molecule has 4 nitrogen and oxygen atoms in total. The molecule has 0 saturated carbocycles. The van der Waals surface area contributed by atoms with Crippen molar-refractivity contribution < 1.29 is 18.0 Å². The van der Waals surface area contributed by atoms with E-state index in [1.165, 1.54) is 12.1 Å². The number of carbonyl (C=O) groups excluding carboxylic acids is 1. The van der Waals surface area contributed by atoms with Crippen molar-refractivity contribution >= 4 is 38.3 Å². The van der Waals surface area contributed by atoms with Crippen LogP contribution >= 0.6 is 15.9 Å². The van der Waals surface area contributed by atoms with Gasteiger partial charge in [0.15, 0.2) is 0 Å². The van der Waals surface area contributed by atoms with E-state index >= 15 is 0 Å². The molecule has 0 aromatic heterocycles. The highest BCUT2D eigenvalue weighted by Crippen LogP contribution is 2.31. The minimum Gasteiger partial charge on any atom is -0.369 e. The Labute approximate surface area is 193 Å². The third kappa shape index (κ3) is 5.42. The van der Waals surface area contributed by atoms with Crippen molar-refractivity contribution in [2.24, 2.45) is 0 Å². The third-order valence-electron chi connectivity index (χ3n) is 5.69. The van der Waals surface area contributed by atoms with Crippen LogP contribution in [0.5, 0.6) is 0 Å². The molecule has 1 heterocycles. The van der Waals surface area contributed by atoms with Crippen LogP contribution in [0.15, 0.2) is 65.1 Å². The maximum atomic E-state index is 13.0. The van der Waals surface area contributed by atoms with Crippen molar-refractivity contribution in [3.05, 3.63) is 76.3 Å². The van der Waals surface area contributed by atoms with Gasteiger partial charge in [-0.05, 0) is 53.2 Å². The summed E-state index contributed by atoms with van der Waals surface area (Å²) in [5, 5.41) is 5.03. The minimum absolute atomic E-state index is 0.113. The first-order valence-electron chi connectivity index (χ1n) is 10.4. The first kappa shape index (κ1) is 22.6. The fourth-order valence-electron chi connectivity index (χ4n) is 3.90. The number of amides is 1. The van der Waals surface area contributed by atoms with Crippen LogP contribution in [0, 0.1) is 0 Å². The first-order valence-corrected chi connectivity index (χ1v) is 11.2. The van der Waals surface area contributed by atoms with Crippen molar-refractivity contribution in [1.29, 1.82) is 0 Å². The van der Waals surface area contributed by atoms with Crippen LogP contribution in [0.25, 0.3) is 10.8 Å². The minimum atomic E-state index is -4.34. The van der Waals surface area contributed by atoms with Gasteiger partial charge in [-0.25, -0.2) is 0 Å². The molecule has 1 aliphatic rings. The van der Waals surface area contributed by atoms with E-state index < -0.39 is 11.7 Å². The summed E-state index contributed by atoms with van der Waals surface area (Å²) in [7, 11) is 0. The average molecular weight is 506 g/mol. The summed E-state index contributed by atoms with van der Waals surface area (Å²) in [6.45, 7) is 3.97. The third-order valence-corrected chi connectivity index (χ3v) is 6.18. The smallest absolute Gasteiger partial charge is 0.369 e. The molecule has 0 bridgehead atoms. The summed E-state index contributed by atoms with van der Waals surface area (Å²) in [5.74, 6) is -0.113. The van der Waals surface area contributed by atoms with E-state index in [1.54, 1.807) is 6.07 Å². The second kappa shape index (κ2) is 9.50. The molecule has 0 spiro atoms. The standard InChI is InChI=1S/C24H23BrF3N3O/c25-21-7-6-17-14-19(5-4-18(17)15-21)23(32)29-8-9-30-10-12-31(13-11-30)22-3-1-2-20(16-22)24(26,27)28/h1-7,14-16H,8-13H2,(H,29,32). The average Bonchev–Trinajstić information content (AvgIpc) is 2.78. The summed E-state index contributed by atoms with van der Waals surface area (Å²) >= 11 is 3.45. The van der Waals surface area contributed by atoms with Crippen molar-refractivity contribution in [2.45, 2.75) is 6.18 Å². The Balaban J connectivity index is 1.26. The molecule has 1 fully saturated rings. The lowest BCUT2D eigenvalue weighted by Crippen LogP contribution is -2.48. The monoisotopic (exact) mass is 505 g/mol. The van der Waals surface area contributed by atoms with Crippen molar-refractivity contribution in [3.8, 4) is 0 Å². The Bertz CT molecular complexity index is 1110. The lowest BCUT2D eigenvalue weighted by Gasteiger charge is -2.36. The van der Waals surface area contributed by atoms with Gasteiger partial charge in [0, 0.05) is 55.0 Å². The van der Waals surface area contributed by atoms with E-state index in [-0.39, 0.29) is 5.91 Å². The molecular formula is C24H23BrF3N3O. The van der Waals surface area contributed by atoms with Gasteiger partial charge >= 0.3 is 6.18 Å². The highest BCUT2D eigenvalue weighted by Gasteiger charge is 2.31. The van der Waals surface area contributed by atoms with Crippen molar-refractivity contribution in [3.63, 3.8) is 0 Å². The van der Waals surface area contributed by atoms with Crippen LogP contribution in [0.3, 0.4) is 0 Å². The highest BCUT2D eigenvalue weighted by atomic mass is 79.9. The first-order chi connectivity index (χ1) is 15.3. The number of carbonyl (C=O) groups is 1. The Morgan fingerprint density at radius 2 is 1.66 bits per heavy atom. The van der Waals surface area contributed by atoms with Crippen molar-refractivity contribution in [2.75, 3.05) is 44.2 Å². The van der Waals surface area contributed by atoms with Crippen LogP contribution in [-0.4, -0.2) is 50.1 Å². The van der Waals surface area contributed by atoms with Gasteiger partial charge in [0.1, 0.15) is 0 Å². The molecule has 1 saturated heterocycles. The van der Waals surface area contributed by atoms with Crippen LogP contribution in [0.4, 0.5) is 18.9 Å². The topological polar surface area (TPSA) is 35.6 Å². The maximum Gasteiger partial charge on any atom is 0.416 e. The largest absolute Gasteiger partial charge is 0.416 e. The predicted octanol–water partition coefficient (Wildman–Crippen LogP) is 5.17. The number of hydrogen-bond acceptors (Lipinski definition) is 3. The summed E-state index contributed by atoms with van der Waals surface area (Å²) in [5.41, 5.74) is 0.590. The molecule has 1 amide bonds. The lowest BCUT2D eigenvalue weighted by molar-refractivity contribution is -0.137. The Morgan fingerprint density at radius 1 is 0.938 bits per heavy atom. The molecule has 0 aliphatic carbocycles. The summed E-state index contributed by atoms with van der Waals surface area (Å²) in [6.07, 6.45) is -4.34. The maximum absolute atomic E-state index is 13.0. The van der Waals surface area contributed by atoms with E-state index in [9.17, 15) is 18.0 Å². The lowest BCUT2D eigenvalue weighted by atomic mass is 10.1. The number of rotatable bonds is 5. The number of nitrogens with one attached hydrogen (secondary N) is 1. The Hall–Kier alpha value is -2.58. The van der Waals surface area contributed by atoms with Gasteiger partial charge in [-0.15, -0.1) is 0 Å². The second-order valence-electron chi connectivity index (χ2n) is 7.84. The number of halogens is 4.